The predicted octanol–water partition coefficient (Wildman–Crippen LogP) is 6.01. The summed E-state index contributed by atoms with van der Waals surface area (Å²) in [5.41, 5.74) is -2.13. The average molecular weight is 520 g/mol. The zero-order valence-electron chi connectivity index (χ0n) is 18.9. The Balaban J connectivity index is 1.46. The van der Waals surface area contributed by atoms with E-state index in [9.17, 15) is 26.3 Å². The van der Waals surface area contributed by atoms with Gasteiger partial charge in [-0.15, -0.1) is 10.2 Å². The Morgan fingerprint density at radius 2 is 1.59 bits per heavy atom. The second-order valence-corrected chi connectivity index (χ2v) is 8.46. The maximum Gasteiger partial charge on any atom is 0.418 e. The van der Waals surface area contributed by atoms with Gasteiger partial charge in [0.1, 0.15) is 28.5 Å². The minimum atomic E-state index is -4.72. The third kappa shape index (κ3) is 5.37. The normalized spacial score (nSPS) is 14.8. The highest BCUT2D eigenvalue weighted by Crippen LogP contribution is 2.37. The molecule has 4 aromatic rings. The minimum Gasteiger partial charge on any atom is -0.366 e. The van der Waals surface area contributed by atoms with E-state index in [1.165, 1.54) is 12.3 Å². The van der Waals surface area contributed by atoms with Crippen LogP contribution in [0.25, 0.3) is 22.6 Å². The van der Waals surface area contributed by atoms with Gasteiger partial charge in [0.15, 0.2) is 5.65 Å². The van der Waals surface area contributed by atoms with Gasteiger partial charge in [0.2, 0.25) is 0 Å². The summed E-state index contributed by atoms with van der Waals surface area (Å²) in [4.78, 5) is 16.2. The molecule has 192 valence electrons. The summed E-state index contributed by atoms with van der Waals surface area (Å²) in [5.74, 6) is 0.132. The van der Waals surface area contributed by atoms with Crippen LogP contribution in [0.1, 0.15) is 36.8 Å². The molecule has 5 rings (SSSR count). The highest BCUT2D eigenvalue weighted by atomic mass is 19.4. The average Bonchev–Trinajstić information content (AvgIpc) is 3.36. The molecule has 37 heavy (non-hydrogen) atoms. The van der Waals surface area contributed by atoms with Crippen LogP contribution >= 0.6 is 0 Å². The summed E-state index contributed by atoms with van der Waals surface area (Å²) >= 11 is 0. The number of hydrogen-bond donors (Lipinski definition) is 2. The van der Waals surface area contributed by atoms with Crippen LogP contribution in [0.3, 0.4) is 0 Å². The Hall–Kier alpha value is -4.10. The molecule has 4 aromatic heterocycles. The number of nitrogens with zero attached hydrogens (tertiary/aromatic N) is 6. The Labute approximate surface area is 205 Å². The van der Waals surface area contributed by atoms with Crippen molar-refractivity contribution in [3.63, 3.8) is 0 Å². The van der Waals surface area contributed by atoms with Gasteiger partial charge in [0.25, 0.3) is 0 Å². The molecular weight excluding hydrogens is 502 g/mol. The molecule has 0 radical (unpaired) electrons. The van der Waals surface area contributed by atoms with Gasteiger partial charge < -0.3 is 10.6 Å². The molecule has 0 saturated heterocycles. The molecule has 1 aliphatic carbocycles. The monoisotopic (exact) mass is 520 g/mol. The first-order valence-corrected chi connectivity index (χ1v) is 11.2. The number of rotatable bonds is 5. The van der Waals surface area contributed by atoms with Crippen LogP contribution < -0.4 is 10.6 Å². The Bertz CT molecular complexity index is 1420. The van der Waals surface area contributed by atoms with Crippen LogP contribution in [0.4, 0.5) is 43.7 Å². The third-order valence-electron chi connectivity index (χ3n) is 5.85. The Morgan fingerprint density at radius 3 is 2.27 bits per heavy atom. The van der Waals surface area contributed by atoms with Gasteiger partial charge in [-0.1, -0.05) is 12.8 Å². The van der Waals surface area contributed by atoms with Crippen LogP contribution in [0.5, 0.6) is 0 Å². The second kappa shape index (κ2) is 9.41. The highest BCUT2D eigenvalue weighted by molar-refractivity contribution is 5.87. The summed E-state index contributed by atoms with van der Waals surface area (Å²) in [6, 6.07) is 4.46. The minimum absolute atomic E-state index is 0.00232. The van der Waals surface area contributed by atoms with Gasteiger partial charge in [0, 0.05) is 18.4 Å². The molecule has 2 N–H and O–H groups in total. The van der Waals surface area contributed by atoms with E-state index in [4.69, 9.17) is 0 Å². The van der Waals surface area contributed by atoms with Gasteiger partial charge >= 0.3 is 12.4 Å². The van der Waals surface area contributed by atoms with E-state index in [1.807, 2.05) is 0 Å². The van der Waals surface area contributed by atoms with Crippen molar-refractivity contribution in [2.45, 2.75) is 44.1 Å². The fraction of sp³-hybridized carbons (Fsp3) is 0.304. The van der Waals surface area contributed by atoms with Crippen LogP contribution in [0.15, 0.2) is 42.9 Å². The number of aromatic nitrogens is 6. The maximum absolute atomic E-state index is 13.9. The summed E-state index contributed by atoms with van der Waals surface area (Å²) in [5, 5.41) is 13.6. The lowest BCUT2D eigenvalue weighted by Crippen LogP contribution is -2.18. The van der Waals surface area contributed by atoms with Crippen molar-refractivity contribution in [2.75, 3.05) is 10.6 Å². The first-order chi connectivity index (χ1) is 17.6. The zero-order valence-corrected chi connectivity index (χ0v) is 18.9. The van der Waals surface area contributed by atoms with E-state index in [2.05, 4.69) is 40.8 Å². The van der Waals surface area contributed by atoms with E-state index in [-0.39, 0.29) is 34.5 Å². The molecule has 0 unspecified atom stereocenters. The molecule has 1 saturated carbocycles. The van der Waals surface area contributed by atoms with Crippen molar-refractivity contribution in [3.05, 3.63) is 54.0 Å². The second-order valence-electron chi connectivity index (χ2n) is 8.46. The third-order valence-corrected chi connectivity index (χ3v) is 5.85. The van der Waals surface area contributed by atoms with Crippen molar-refractivity contribution >= 4 is 28.5 Å². The van der Waals surface area contributed by atoms with Crippen LogP contribution in [-0.4, -0.2) is 36.2 Å². The molecule has 1 aliphatic rings. The predicted molar refractivity (Wildman–Crippen MR) is 122 cm³/mol. The fourth-order valence-electron chi connectivity index (χ4n) is 4.06. The maximum atomic E-state index is 13.9. The Morgan fingerprint density at radius 1 is 0.811 bits per heavy atom. The molecule has 0 amide bonds. The van der Waals surface area contributed by atoms with Crippen LogP contribution in [-0.2, 0) is 12.4 Å². The van der Waals surface area contributed by atoms with Crippen LogP contribution in [0.2, 0.25) is 0 Å². The smallest absolute Gasteiger partial charge is 0.366 e. The van der Waals surface area contributed by atoms with Crippen molar-refractivity contribution < 1.29 is 26.3 Å². The highest BCUT2D eigenvalue weighted by Gasteiger charge is 2.36. The van der Waals surface area contributed by atoms with E-state index >= 15 is 0 Å². The first kappa shape index (κ1) is 24.6. The molecule has 14 heteroatoms. The lowest BCUT2D eigenvalue weighted by molar-refractivity contribution is -0.138. The molecule has 4 heterocycles. The lowest BCUT2D eigenvalue weighted by atomic mass is 10.1. The molecule has 0 atom stereocenters. The van der Waals surface area contributed by atoms with Crippen molar-refractivity contribution in [1.82, 2.24) is 30.1 Å². The largest absolute Gasteiger partial charge is 0.418 e. The molecule has 0 bridgehead atoms. The number of alkyl halides is 6. The number of pyridine rings is 2. The number of anilines is 3. The van der Waals surface area contributed by atoms with Crippen LogP contribution in [0, 0.1) is 0 Å². The van der Waals surface area contributed by atoms with Gasteiger partial charge in [-0.25, -0.2) is 19.9 Å². The van der Waals surface area contributed by atoms with Gasteiger partial charge in [-0.2, -0.15) is 26.3 Å². The van der Waals surface area contributed by atoms with E-state index < -0.39 is 29.2 Å². The summed E-state index contributed by atoms with van der Waals surface area (Å²) in [6.07, 6.45) is -2.43. The number of nitrogens with one attached hydrogen (secondary N) is 2. The fourth-order valence-corrected chi connectivity index (χ4v) is 4.06. The van der Waals surface area contributed by atoms with Gasteiger partial charge in [-0.05, 0) is 37.1 Å². The SMILES string of the molecule is FC(F)(F)c1ccc(Nc2ccnc3nc(-c4nnc(NC5CCCC5)cc4C(F)(F)F)cnc23)nc1. The van der Waals surface area contributed by atoms with Gasteiger partial charge in [0.05, 0.1) is 23.0 Å². The number of halogens is 6. The summed E-state index contributed by atoms with van der Waals surface area (Å²) in [6.45, 7) is 0. The lowest BCUT2D eigenvalue weighted by Gasteiger charge is -2.16. The first-order valence-electron chi connectivity index (χ1n) is 11.2. The topological polar surface area (TPSA) is 101 Å². The standard InChI is InChI=1S/C23H18F6N8/c24-22(25,26)12-5-6-17(31-10-12)34-15-7-8-30-21-20(15)32-11-16(35-21)19-14(23(27,28)29)9-18(36-37-19)33-13-3-1-2-4-13/h5-11,13H,1-4H2,(H,33,36)(H,30,31,34,35). The number of fused-ring (bicyclic) bond motifs is 1. The molecule has 0 aliphatic heterocycles. The summed E-state index contributed by atoms with van der Waals surface area (Å²) < 4.78 is 80.0. The summed E-state index contributed by atoms with van der Waals surface area (Å²) in [7, 11) is 0. The molecular formula is C23H18F6N8. The van der Waals surface area contributed by atoms with E-state index in [1.54, 1.807) is 0 Å². The quantitative estimate of drug-likeness (QED) is 0.309. The zero-order chi connectivity index (χ0) is 26.2. The molecule has 0 spiro atoms. The van der Waals surface area contributed by atoms with Gasteiger partial charge in [-0.3, -0.25) is 0 Å². The van der Waals surface area contributed by atoms with Crippen molar-refractivity contribution in [1.29, 1.82) is 0 Å². The molecule has 0 aromatic carbocycles. The Kier molecular flexibility index (Phi) is 6.25. The van der Waals surface area contributed by atoms with E-state index in [0.717, 1.165) is 50.1 Å². The van der Waals surface area contributed by atoms with Crippen molar-refractivity contribution in [3.8, 4) is 11.4 Å². The van der Waals surface area contributed by atoms with E-state index in [0.29, 0.717) is 11.9 Å². The van der Waals surface area contributed by atoms with Crippen molar-refractivity contribution in [2.24, 2.45) is 0 Å². The molecule has 1 fully saturated rings. The molecule has 8 nitrogen and oxygen atoms in total. The number of hydrogen-bond acceptors (Lipinski definition) is 8.